The summed E-state index contributed by atoms with van der Waals surface area (Å²) >= 11 is 4.94. The van der Waals surface area contributed by atoms with Gasteiger partial charge in [-0.25, -0.2) is 4.98 Å². The topological polar surface area (TPSA) is 64.7 Å². The molecule has 0 aliphatic rings. The Hall–Kier alpha value is -1.01. The molecule has 0 fully saturated rings. The highest BCUT2D eigenvalue weighted by Gasteiger charge is 2.06. The first kappa shape index (κ1) is 9.54. The minimum Gasteiger partial charge on any atom is -0.368 e. The Bertz CT molecular complexity index is 448. The van der Waals surface area contributed by atoms with E-state index in [1.54, 1.807) is 18.3 Å². The molecule has 0 saturated carbocycles. The lowest BCUT2D eigenvalue weighted by molar-refractivity contribution is 1.000. The van der Waals surface area contributed by atoms with E-state index in [0.29, 0.717) is 11.6 Å². The minimum atomic E-state index is 0.261. The van der Waals surface area contributed by atoms with Gasteiger partial charge in [0.25, 0.3) is 0 Å². The normalized spacial score (nSPS) is 10.4. The molecule has 2 aromatic rings. The lowest BCUT2D eigenvalue weighted by atomic mass is 10.4. The van der Waals surface area contributed by atoms with Crippen LogP contribution in [0.25, 0.3) is 10.7 Å². The average Bonchev–Trinajstić information content (AvgIpc) is 2.50. The van der Waals surface area contributed by atoms with Gasteiger partial charge in [-0.2, -0.15) is 9.97 Å². The molecule has 2 heterocycles. The molecule has 14 heavy (non-hydrogen) atoms. The molecular weight excluding hydrogens is 264 g/mol. The van der Waals surface area contributed by atoms with E-state index in [-0.39, 0.29) is 5.95 Å². The second kappa shape index (κ2) is 3.62. The third kappa shape index (κ3) is 1.91. The van der Waals surface area contributed by atoms with Gasteiger partial charge in [0.15, 0.2) is 5.82 Å². The minimum absolute atomic E-state index is 0.261. The van der Waals surface area contributed by atoms with E-state index in [0.717, 1.165) is 9.35 Å². The molecule has 0 unspecified atom stereocenters. The van der Waals surface area contributed by atoms with Crippen LogP contribution in [0.1, 0.15) is 5.82 Å². The monoisotopic (exact) mass is 270 g/mol. The van der Waals surface area contributed by atoms with Gasteiger partial charge >= 0.3 is 0 Å². The molecule has 0 aromatic carbocycles. The van der Waals surface area contributed by atoms with Crippen molar-refractivity contribution in [3.63, 3.8) is 0 Å². The highest BCUT2D eigenvalue weighted by molar-refractivity contribution is 9.10. The Morgan fingerprint density at radius 2 is 2.14 bits per heavy atom. The maximum absolute atomic E-state index is 5.53. The van der Waals surface area contributed by atoms with Crippen molar-refractivity contribution >= 4 is 33.2 Å². The van der Waals surface area contributed by atoms with Crippen molar-refractivity contribution in [2.45, 2.75) is 6.92 Å². The Morgan fingerprint density at radius 1 is 1.36 bits per heavy atom. The number of hydrogen-bond donors (Lipinski definition) is 1. The van der Waals surface area contributed by atoms with E-state index >= 15 is 0 Å². The van der Waals surface area contributed by atoms with Gasteiger partial charge in [0, 0.05) is 9.85 Å². The Balaban J connectivity index is 2.51. The van der Waals surface area contributed by atoms with Crippen LogP contribution in [0.5, 0.6) is 0 Å². The first-order valence-corrected chi connectivity index (χ1v) is 5.55. The smallest absolute Gasteiger partial charge is 0.223 e. The van der Waals surface area contributed by atoms with E-state index < -0.39 is 0 Å². The summed E-state index contributed by atoms with van der Waals surface area (Å²) in [5.41, 5.74) is 5.53. The van der Waals surface area contributed by atoms with E-state index in [9.17, 15) is 0 Å². The van der Waals surface area contributed by atoms with Crippen molar-refractivity contribution < 1.29 is 0 Å². The van der Waals surface area contributed by atoms with Gasteiger partial charge in [0.2, 0.25) is 5.95 Å². The number of thiophene rings is 1. The van der Waals surface area contributed by atoms with Crippen molar-refractivity contribution in [3.05, 3.63) is 21.7 Å². The first-order valence-electron chi connectivity index (χ1n) is 3.88. The van der Waals surface area contributed by atoms with Crippen LogP contribution >= 0.6 is 27.3 Å². The van der Waals surface area contributed by atoms with E-state index in [1.165, 1.54) is 0 Å². The molecular formula is C8H7BrN4S. The van der Waals surface area contributed by atoms with Crippen LogP contribution in [0.3, 0.4) is 0 Å². The van der Waals surface area contributed by atoms with Gasteiger partial charge in [-0.05, 0) is 28.9 Å². The molecule has 0 aliphatic carbocycles. The predicted octanol–water partition coefficient (Wildman–Crippen LogP) is 2.25. The molecule has 0 aliphatic heterocycles. The quantitative estimate of drug-likeness (QED) is 0.864. The summed E-state index contributed by atoms with van der Waals surface area (Å²) in [7, 11) is 0. The zero-order valence-electron chi connectivity index (χ0n) is 7.36. The number of nitrogens with two attached hydrogens (primary N) is 1. The van der Waals surface area contributed by atoms with Gasteiger partial charge in [-0.1, -0.05) is 0 Å². The molecule has 2 rings (SSSR count). The Kier molecular flexibility index (Phi) is 2.47. The summed E-state index contributed by atoms with van der Waals surface area (Å²) in [5.74, 6) is 1.53. The van der Waals surface area contributed by atoms with Gasteiger partial charge < -0.3 is 5.73 Å². The second-order valence-electron chi connectivity index (χ2n) is 2.69. The standard InChI is InChI=1S/C8H7BrN4S/c1-4-11-7(13-8(10)12-4)6-2-5(9)3-14-6/h2-3H,1H3,(H2,10,11,12,13). The van der Waals surface area contributed by atoms with Crippen LogP contribution in [0.15, 0.2) is 15.9 Å². The predicted molar refractivity (Wildman–Crippen MR) is 60.0 cm³/mol. The summed E-state index contributed by atoms with van der Waals surface area (Å²) in [6.07, 6.45) is 0. The van der Waals surface area contributed by atoms with Gasteiger partial charge in [-0.3, -0.25) is 0 Å². The first-order chi connectivity index (χ1) is 6.65. The molecule has 0 spiro atoms. The second-order valence-corrected chi connectivity index (χ2v) is 4.52. The summed E-state index contributed by atoms with van der Waals surface area (Å²) in [6.45, 7) is 1.80. The van der Waals surface area contributed by atoms with Crippen LogP contribution in [0, 0.1) is 6.92 Å². The van der Waals surface area contributed by atoms with Crippen molar-refractivity contribution in [1.29, 1.82) is 0 Å². The van der Waals surface area contributed by atoms with Crippen LogP contribution < -0.4 is 5.73 Å². The summed E-state index contributed by atoms with van der Waals surface area (Å²) in [6, 6.07) is 1.96. The van der Waals surface area contributed by atoms with Crippen molar-refractivity contribution in [2.24, 2.45) is 0 Å². The number of hydrogen-bond acceptors (Lipinski definition) is 5. The molecule has 0 amide bonds. The van der Waals surface area contributed by atoms with Crippen molar-refractivity contribution in [1.82, 2.24) is 15.0 Å². The molecule has 4 nitrogen and oxygen atoms in total. The third-order valence-corrected chi connectivity index (χ3v) is 3.24. The number of halogens is 1. The zero-order valence-corrected chi connectivity index (χ0v) is 9.76. The van der Waals surface area contributed by atoms with E-state index in [1.807, 2.05) is 11.4 Å². The fraction of sp³-hybridized carbons (Fsp3) is 0.125. The number of rotatable bonds is 1. The molecule has 2 N–H and O–H groups in total. The zero-order chi connectivity index (χ0) is 10.1. The fourth-order valence-electron chi connectivity index (χ4n) is 1.04. The summed E-state index contributed by atoms with van der Waals surface area (Å²) in [4.78, 5) is 13.2. The number of anilines is 1. The number of nitrogen functional groups attached to an aromatic ring is 1. The van der Waals surface area contributed by atoms with Crippen LogP contribution in [-0.4, -0.2) is 15.0 Å². The highest BCUT2D eigenvalue weighted by Crippen LogP contribution is 2.27. The molecule has 2 aromatic heterocycles. The Labute approximate surface area is 93.4 Å². The fourth-order valence-corrected chi connectivity index (χ4v) is 2.40. The molecule has 0 saturated heterocycles. The summed E-state index contributed by atoms with van der Waals surface area (Å²) in [5, 5.41) is 1.98. The van der Waals surface area contributed by atoms with Crippen LogP contribution in [0.2, 0.25) is 0 Å². The molecule has 6 heteroatoms. The van der Waals surface area contributed by atoms with Crippen LogP contribution in [0.4, 0.5) is 5.95 Å². The van der Waals surface area contributed by atoms with Crippen molar-refractivity contribution in [2.75, 3.05) is 5.73 Å². The molecule has 0 bridgehead atoms. The average molecular weight is 271 g/mol. The summed E-state index contributed by atoms with van der Waals surface area (Å²) < 4.78 is 1.02. The largest absolute Gasteiger partial charge is 0.368 e. The third-order valence-electron chi connectivity index (χ3n) is 1.55. The maximum Gasteiger partial charge on any atom is 0.223 e. The lowest BCUT2D eigenvalue weighted by Crippen LogP contribution is -2.00. The molecule has 0 atom stereocenters. The number of nitrogens with zero attached hydrogens (tertiary/aromatic N) is 3. The van der Waals surface area contributed by atoms with Gasteiger partial charge in [-0.15, -0.1) is 11.3 Å². The lowest BCUT2D eigenvalue weighted by Gasteiger charge is -1.98. The van der Waals surface area contributed by atoms with Gasteiger partial charge in [0.1, 0.15) is 5.82 Å². The van der Waals surface area contributed by atoms with Gasteiger partial charge in [0.05, 0.1) is 4.88 Å². The highest BCUT2D eigenvalue weighted by atomic mass is 79.9. The van der Waals surface area contributed by atoms with Crippen molar-refractivity contribution in [3.8, 4) is 10.7 Å². The molecule has 72 valence electrons. The SMILES string of the molecule is Cc1nc(N)nc(-c2cc(Br)cs2)n1. The number of aromatic nitrogens is 3. The van der Waals surface area contributed by atoms with E-state index in [2.05, 4.69) is 30.9 Å². The number of aryl methyl sites for hydroxylation is 1. The maximum atomic E-state index is 5.53. The van der Waals surface area contributed by atoms with E-state index in [4.69, 9.17) is 5.73 Å². The van der Waals surface area contributed by atoms with Crippen LogP contribution in [-0.2, 0) is 0 Å². The Morgan fingerprint density at radius 3 is 2.71 bits per heavy atom. The molecule has 0 radical (unpaired) electrons.